The zero-order chi connectivity index (χ0) is 23.5. The number of nitrogens with zero attached hydrogens (tertiary/aromatic N) is 3. The van der Waals surface area contributed by atoms with Crippen LogP contribution in [0.1, 0.15) is 37.0 Å². The fourth-order valence-corrected chi connectivity index (χ4v) is 3.95. The summed E-state index contributed by atoms with van der Waals surface area (Å²) < 4.78 is 36.0. The minimum atomic E-state index is -0.751. The molecule has 0 radical (unpaired) electrons. The van der Waals surface area contributed by atoms with Crippen molar-refractivity contribution in [1.82, 2.24) is 14.6 Å². The second-order valence-electron chi connectivity index (χ2n) is 8.06. The Kier molecular flexibility index (Phi) is 6.55. The van der Waals surface area contributed by atoms with E-state index in [0.29, 0.717) is 40.7 Å². The molecule has 0 amide bonds. The van der Waals surface area contributed by atoms with E-state index in [9.17, 15) is 9.50 Å². The highest BCUT2D eigenvalue weighted by atomic mass is 19.1. The largest absolute Gasteiger partial charge is 0.490 e. The fourth-order valence-electron chi connectivity index (χ4n) is 3.95. The van der Waals surface area contributed by atoms with Crippen LogP contribution in [0.25, 0.3) is 16.8 Å². The first-order valence-electron chi connectivity index (χ1n) is 10.8. The molecule has 0 bridgehead atoms. The number of hydrogen-bond acceptors (Lipinski definition) is 5. The van der Waals surface area contributed by atoms with Crippen molar-refractivity contribution in [2.45, 2.75) is 32.8 Å². The molecule has 0 aliphatic heterocycles. The van der Waals surface area contributed by atoms with Crippen molar-refractivity contribution in [2.75, 3.05) is 12.3 Å². The molecule has 3 N–H and O–H groups in total. The lowest BCUT2D eigenvalue weighted by Gasteiger charge is -2.22. The Labute approximate surface area is 190 Å². The van der Waals surface area contributed by atoms with Gasteiger partial charge in [-0.15, -0.1) is 5.10 Å². The Morgan fingerprint density at radius 3 is 2.61 bits per heavy atom. The average Bonchev–Trinajstić information content (AvgIpc) is 3.18. The van der Waals surface area contributed by atoms with E-state index >= 15 is 4.39 Å². The number of ether oxygens (including phenoxy) is 1. The second kappa shape index (κ2) is 9.54. The van der Waals surface area contributed by atoms with E-state index in [2.05, 4.69) is 10.1 Å². The molecular formula is C25H26F2N4O2. The Morgan fingerprint density at radius 1 is 1.12 bits per heavy atom. The number of nitrogen functional groups attached to an aromatic ring is 1. The first-order chi connectivity index (χ1) is 15.9. The minimum absolute atomic E-state index is 0.109. The van der Waals surface area contributed by atoms with Crippen molar-refractivity contribution in [3.8, 4) is 16.9 Å². The maximum atomic E-state index is 15.4. The van der Waals surface area contributed by atoms with Crippen LogP contribution in [0.15, 0.2) is 54.7 Å². The van der Waals surface area contributed by atoms with E-state index < -0.39 is 11.9 Å². The van der Waals surface area contributed by atoms with E-state index in [-0.39, 0.29) is 30.0 Å². The van der Waals surface area contributed by atoms with Gasteiger partial charge >= 0.3 is 0 Å². The standard InChI is InChI=1S/C25H26F2N4O2/c1-3-16(23(32)17-5-7-19(26)8-6-17)11-13-33-24-15(2)4-9-20(22(24)27)18-10-12-31-21(14-18)29-25(28)30-31/h4-10,12,14,16,23,32H,3,11,13H2,1-2H3,(H2,28,30). The maximum Gasteiger partial charge on any atom is 0.240 e. The van der Waals surface area contributed by atoms with Gasteiger partial charge < -0.3 is 15.6 Å². The zero-order valence-electron chi connectivity index (χ0n) is 18.5. The normalized spacial score (nSPS) is 13.2. The summed E-state index contributed by atoms with van der Waals surface area (Å²) in [4.78, 5) is 4.13. The predicted molar refractivity (Wildman–Crippen MR) is 123 cm³/mol. The predicted octanol–water partition coefficient (Wildman–Crippen LogP) is 5.09. The number of nitrogens with two attached hydrogens (primary N) is 1. The molecule has 0 aliphatic carbocycles. The van der Waals surface area contributed by atoms with Gasteiger partial charge in [-0.25, -0.2) is 13.3 Å². The number of benzene rings is 2. The molecule has 0 aliphatic rings. The molecule has 8 heteroatoms. The number of anilines is 1. The van der Waals surface area contributed by atoms with Crippen LogP contribution < -0.4 is 10.5 Å². The summed E-state index contributed by atoms with van der Waals surface area (Å²) in [5.74, 6) is -0.588. The third kappa shape index (κ3) is 4.80. The maximum absolute atomic E-state index is 15.4. The van der Waals surface area contributed by atoms with Crippen molar-refractivity contribution >= 4 is 11.6 Å². The summed E-state index contributed by atoms with van der Waals surface area (Å²) in [5, 5.41) is 14.7. The number of aromatic nitrogens is 3. The number of rotatable bonds is 8. The summed E-state index contributed by atoms with van der Waals surface area (Å²) in [6, 6.07) is 12.8. The highest BCUT2D eigenvalue weighted by molar-refractivity contribution is 5.70. The Hall–Kier alpha value is -3.52. The molecule has 33 heavy (non-hydrogen) atoms. The van der Waals surface area contributed by atoms with Crippen molar-refractivity contribution in [1.29, 1.82) is 0 Å². The molecule has 2 heterocycles. The molecule has 0 spiro atoms. The number of hydrogen-bond donors (Lipinski definition) is 2. The van der Waals surface area contributed by atoms with E-state index in [0.717, 1.165) is 0 Å². The third-order valence-corrected chi connectivity index (χ3v) is 5.88. The molecule has 2 aromatic carbocycles. The lowest BCUT2D eigenvalue weighted by Crippen LogP contribution is -2.16. The van der Waals surface area contributed by atoms with Gasteiger partial charge in [0.15, 0.2) is 17.2 Å². The Bertz CT molecular complexity index is 1260. The molecule has 6 nitrogen and oxygen atoms in total. The topological polar surface area (TPSA) is 85.7 Å². The summed E-state index contributed by atoms with van der Waals surface area (Å²) >= 11 is 0. The van der Waals surface area contributed by atoms with Crippen LogP contribution in [0.4, 0.5) is 14.7 Å². The molecule has 2 aromatic heterocycles. The molecule has 4 rings (SSSR count). The summed E-state index contributed by atoms with van der Waals surface area (Å²) in [7, 11) is 0. The lowest BCUT2D eigenvalue weighted by molar-refractivity contribution is 0.0892. The average molecular weight is 453 g/mol. The first kappa shape index (κ1) is 22.7. The van der Waals surface area contributed by atoms with Gasteiger partial charge in [0.25, 0.3) is 0 Å². The number of aryl methyl sites for hydroxylation is 1. The molecule has 172 valence electrons. The van der Waals surface area contributed by atoms with E-state index in [4.69, 9.17) is 10.5 Å². The highest BCUT2D eigenvalue weighted by Crippen LogP contribution is 2.33. The highest BCUT2D eigenvalue weighted by Gasteiger charge is 2.21. The second-order valence-corrected chi connectivity index (χ2v) is 8.06. The molecule has 2 atom stereocenters. The van der Waals surface area contributed by atoms with Crippen LogP contribution in [0.2, 0.25) is 0 Å². The van der Waals surface area contributed by atoms with Crippen LogP contribution in [-0.4, -0.2) is 26.3 Å². The van der Waals surface area contributed by atoms with Gasteiger partial charge in [0.2, 0.25) is 5.95 Å². The zero-order valence-corrected chi connectivity index (χ0v) is 18.5. The Morgan fingerprint density at radius 2 is 1.88 bits per heavy atom. The number of aliphatic hydroxyl groups is 1. The SMILES string of the molecule is CCC(CCOc1c(C)ccc(-c2ccn3nc(N)nc3c2)c1F)C(O)c1ccc(F)cc1. The van der Waals surface area contributed by atoms with Crippen LogP contribution in [0.3, 0.4) is 0 Å². The van der Waals surface area contributed by atoms with Gasteiger partial charge in [-0.2, -0.15) is 4.98 Å². The minimum Gasteiger partial charge on any atom is -0.490 e. The molecule has 0 saturated carbocycles. The van der Waals surface area contributed by atoms with Crippen LogP contribution in [0.5, 0.6) is 5.75 Å². The Balaban J connectivity index is 1.50. The first-order valence-corrected chi connectivity index (χ1v) is 10.8. The molecule has 4 aromatic rings. The van der Waals surface area contributed by atoms with Gasteiger partial charge in [0, 0.05) is 11.8 Å². The van der Waals surface area contributed by atoms with E-state index in [1.165, 1.54) is 16.6 Å². The van der Waals surface area contributed by atoms with Gasteiger partial charge in [0.05, 0.1) is 12.7 Å². The molecule has 2 unspecified atom stereocenters. The number of halogens is 2. The molecular weight excluding hydrogens is 426 g/mol. The number of fused-ring (bicyclic) bond motifs is 1. The van der Waals surface area contributed by atoms with Crippen LogP contribution in [-0.2, 0) is 0 Å². The molecule has 0 saturated heterocycles. The monoisotopic (exact) mass is 452 g/mol. The van der Waals surface area contributed by atoms with Crippen molar-refractivity contribution in [3.05, 3.63) is 77.5 Å². The third-order valence-electron chi connectivity index (χ3n) is 5.88. The van der Waals surface area contributed by atoms with Crippen molar-refractivity contribution < 1.29 is 18.6 Å². The number of aliphatic hydroxyl groups excluding tert-OH is 1. The van der Waals surface area contributed by atoms with Crippen molar-refractivity contribution in [2.24, 2.45) is 5.92 Å². The van der Waals surface area contributed by atoms with Crippen molar-refractivity contribution in [3.63, 3.8) is 0 Å². The fraction of sp³-hybridized carbons (Fsp3) is 0.280. The summed E-state index contributed by atoms with van der Waals surface area (Å²) in [6.07, 6.45) is 2.14. The van der Waals surface area contributed by atoms with E-state index in [1.54, 1.807) is 49.5 Å². The lowest BCUT2D eigenvalue weighted by atomic mass is 9.91. The van der Waals surface area contributed by atoms with E-state index in [1.807, 2.05) is 6.92 Å². The number of pyridine rings is 1. The van der Waals surface area contributed by atoms with Crippen LogP contribution >= 0.6 is 0 Å². The molecule has 0 fully saturated rings. The quantitative estimate of drug-likeness (QED) is 0.389. The van der Waals surface area contributed by atoms with Gasteiger partial charge in [0.1, 0.15) is 5.82 Å². The van der Waals surface area contributed by atoms with Gasteiger partial charge in [-0.05, 0) is 60.2 Å². The van der Waals surface area contributed by atoms with Gasteiger partial charge in [-0.3, -0.25) is 0 Å². The summed E-state index contributed by atoms with van der Waals surface area (Å²) in [5.41, 5.74) is 8.51. The van der Waals surface area contributed by atoms with Crippen LogP contribution in [0, 0.1) is 24.5 Å². The smallest absolute Gasteiger partial charge is 0.240 e. The van der Waals surface area contributed by atoms with Gasteiger partial charge in [-0.1, -0.05) is 37.6 Å². The summed E-state index contributed by atoms with van der Waals surface area (Å²) in [6.45, 7) is 3.99.